The van der Waals surface area contributed by atoms with Gasteiger partial charge in [-0.3, -0.25) is 4.79 Å². The summed E-state index contributed by atoms with van der Waals surface area (Å²) in [6.07, 6.45) is 5.59. The lowest BCUT2D eigenvalue weighted by molar-refractivity contribution is -0.305. The van der Waals surface area contributed by atoms with Crippen molar-refractivity contribution in [1.29, 1.82) is 0 Å². The van der Waals surface area contributed by atoms with E-state index in [2.05, 4.69) is 6.92 Å². The molecule has 1 amide bonds. The first kappa shape index (κ1) is 14.3. The normalized spacial score (nSPS) is 10.3. The Morgan fingerprint density at radius 3 is 2.67 bits per heavy atom. The molecule has 100 valence electrons. The molecule has 18 heavy (non-hydrogen) atoms. The molecule has 0 aliphatic heterocycles. The quantitative estimate of drug-likeness (QED) is 0.648. The maximum atomic E-state index is 12.1. The maximum absolute atomic E-state index is 12.1. The smallest absolute Gasteiger partial charge is 0.257 e. The van der Waals surface area contributed by atoms with Gasteiger partial charge in [-0.05, 0) is 12.5 Å². The molecule has 0 saturated heterocycles. The molecule has 0 atom stereocenters. The number of hydrogen-bond acceptors (Lipinski definition) is 4. The van der Waals surface area contributed by atoms with Crippen LogP contribution in [-0.4, -0.2) is 29.9 Å². The molecule has 0 fully saturated rings. The fourth-order valence-corrected chi connectivity index (χ4v) is 1.66. The molecule has 0 unspecified atom stereocenters. The molecule has 0 bridgehead atoms. The number of carbonyl (C=O) groups excluding carboxylic acids is 2. The zero-order valence-corrected chi connectivity index (χ0v) is 10.6. The summed E-state index contributed by atoms with van der Waals surface area (Å²) >= 11 is 0. The van der Waals surface area contributed by atoms with E-state index >= 15 is 0 Å². The van der Waals surface area contributed by atoms with E-state index in [0.29, 0.717) is 12.1 Å². The van der Waals surface area contributed by atoms with Gasteiger partial charge in [-0.15, -0.1) is 0 Å². The summed E-state index contributed by atoms with van der Waals surface area (Å²) in [6, 6.07) is 1.58. The van der Waals surface area contributed by atoms with Crippen LogP contribution in [0.25, 0.3) is 0 Å². The van der Waals surface area contributed by atoms with Crippen LogP contribution < -0.4 is 5.11 Å². The van der Waals surface area contributed by atoms with Gasteiger partial charge in [0.15, 0.2) is 0 Å². The maximum Gasteiger partial charge on any atom is 0.257 e. The van der Waals surface area contributed by atoms with Crippen molar-refractivity contribution >= 4 is 11.9 Å². The third kappa shape index (κ3) is 4.61. The number of carboxylic acid groups (broad SMARTS) is 1. The third-order valence-corrected chi connectivity index (χ3v) is 2.67. The molecular formula is C13H18NO4-. The lowest BCUT2D eigenvalue weighted by atomic mass is 10.2. The molecule has 1 heterocycles. The van der Waals surface area contributed by atoms with Gasteiger partial charge in [0.1, 0.15) is 6.26 Å². The fourth-order valence-electron chi connectivity index (χ4n) is 1.66. The number of hydrogen-bond donors (Lipinski definition) is 0. The SMILES string of the molecule is CCCCCN(CCC(=O)[O-])C(=O)c1ccoc1. The van der Waals surface area contributed by atoms with Gasteiger partial charge >= 0.3 is 0 Å². The number of carbonyl (C=O) groups is 2. The number of amides is 1. The van der Waals surface area contributed by atoms with E-state index in [4.69, 9.17) is 4.42 Å². The van der Waals surface area contributed by atoms with Crippen LogP contribution in [0.4, 0.5) is 0 Å². The van der Waals surface area contributed by atoms with Crippen LogP contribution in [0.2, 0.25) is 0 Å². The molecule has 0 aliphatic carbocycles. The van der Waals surface area contributed by atoms with Gasteiger partial charge < -0.3 is 19.2 Å². The molecule has 0 N–H and O–H groups in total. The van der Waals surface area contributed by atoms with Crippen molar-refractivity contribution in [3.05, 3.63) is 24.2 Å². The van der Waals surface area contributed by atoms with Crippen LogP contribution in [0.3, 0.4) is 0 Å². The van der Waals surface area contributed by atoms with Crippen molar-refractivity contribution in [2.24, 2.45) is 0 Å². The number of aliphatic carboxylic acids is 1. The second-order valence-electron chi connectivity index (χ2n) is 4.13. The van der Waals surface area contributed by atoms with E-state index in [1.807, 2.05) is 0 Å². The minimum Gasteiger partial charge on any atom is -0.550 e. The minimum absolute atomic E-state index is 0.143. The summed E-state index contributed by atoms with van der Waals surface area (Å²) in [4.78, 5) is 24.1. The lowest BCUT2D eigenvalue weighted by Crippen LogP contribution is -2.36. The monoisotopic (exact) mass is 252 g/mol. The Morgan fingerprint density at radius 1 is 1.33 bits per heavy atom. The van der Waals surface area contributed by atoms with Gasteiger partial charge in [0, 0.05) is 25.5 Å². The zero-order valence-electron chi connectivity index (χ0n) is 10.6. The molecule has 5 nitrogen and oxygen atoms in total. The van der Waals surface area contributed by atoms with Crippen LogP contribution in [0.15, 0.2) is 23.0 Å². The summed E-state index contributed by atoms with van der Waals surface area (Å²) in [5.74, 6) is -1.34. The Balaban J connectivity index is 2.57. The first-order chi connectivity index (χ1) is 8.65. The van der Waals surface area contributed by atoms with E-state index in [1.54, 1.807) is 6.07 Å². The number of nitrogens with zero attached hydrogens (tertiary/aromatic N) is 1. The molecule has 0 saturated carbocycles. The van der Waals surface area contributed by atoms with Crippen molar-refractivity contribution < 1.29 is 19.1 Å². The van der Waals surface area contributed by atoms with Gasteiger partial charge in [-0.25, -0.2) is 0 Å². The minimum atomic E-state index is -1.14. The van der Waals surface area contributed by atoms with Crippen LogP contribution in [-0.2, 0) is 4.79 Å². The Hall–Kier alpha value is -1.78. The summed E-state index contributed by atoms with van der Waals surface area (Å²) < 4.78 is 4.86. The second-order valence-corrected chi connectivity index (χ2v) is 4.13. The molecule has 0 spiro atoms. The Morgan fingerprint density at radius 2 is 2.11 bits per heavy atom. The third-order valence-electron chi connectivity index (χ3n) is 2.67. The van der Waals surface area contributed by atoms with Crippen LogP contribution in [0, 0.1) is 0 Å². The predicted molar refractivity (Wildman–Crippen MR) is 63.8 cm³/mol. The number of rotatable bonds is 8. The van der Waals surface area contributed by atoms with Gasteiger partial charge in [-0.2, -0.15) is 0 Å². The average molecular weight is 252 g/mol. The molecule has 1 rings (SSSR count). The standard InChI is InChI=1S/C13H19NO4/c1-2-3-4-7-14(8-5-12(15)16)13(17)11-6-9-18-10-11/h6,9-10H,2-5,7-8H2,1H3,(H,15,16)/p-1. The molecule has 0 aromatic carbocycles. The van der Waals surface area contributed by atoms with Crippen LogP contribution in [0.1, 0.15) is 43.0 Å². The average Bonchev–Trinajstić information content (AvgIpc) is 2.86. The highest BCUT2D eigenvalue weighted by Gasteiger charge is 2.16. The molecule has 5 heteroatoms. The highest BCUT2D eigenvalue weighted by atomic mass is 16.4. The Kier molecular flexibility index (Phi) is 5.97. The summed E-state index contributed by atoms with van der Waals surface area (Å²) in [7, 11) is 0. The zero-order chi connectivity index (χ0) is 13.4. The Bertz CT molecular complexity index is 372. The highest BCUT2D eigenvalue weighted by Crippen LogP contribution is 2.08. The van der Waals surface area contributed by atoms with Crippen LogP contribution >= 0.6 is 0 Å². The molecular weight excluding hydrogens is 234 g/mol. The first-order valence-electron chi connectivity index (χ1n) is 6.16. The number of carboxylic acids is 1. The topological polar surface area (TPSA) is 73.6 Å². The van der Waals surface area contributed by atoms with Gasteiger partial charge in [0.05, 0.1) is 11.8 Å². The number of unbranched alkanes of at least 4 members (excludes halogenated alkanes) is 2. The number of furan rings is 1. The molecule has 0 aliphatic rings. The highest BCUT2D eigenvalue weighted by molar-refractivity contribution is 5.94. The van der Waals surface area contributed by atoms with Crippen molar-refractivity contribution in [2.75, 3.05) is 13.1 Å². The fraction of sp³-hybridized carbons (Fsp3) is 0.538. The second kappa shape index (κ2) is 7.53. The summed E-state index contributed by atoms with van der Waals surface area (Å²) in [5.41, 5.74) is 0.449. The summed E-state index contributed by atoms with van der Waals surface area (Å²) in [6.45, 7) is 2.81. The largest absolute Gasteiger partial charge is 0.550 e. The van der Waals surface area contributed by atoms with Crippen LogP contribution in [0.5, 0.6) is 0 Å². The van der Waals surface area contributed by atoms with Crippen molar-refractivity contribution in [3.63, 3.8) is 0 Å². The van der Waals surface area contributed by atoms with Gasteiger partial charge in [0.2, 0.25) is 0 Å². The van der Waals surface area contributed by atoms with Crippen molar-refractivity contribution in [2.45, 2.75) is 32.6 Å². The first-order valence-corrected chi connectivity index (χ1v) is 6.16. The van der Waals surface area contributed by atoms with Crippen molar-refractivity contribution in [1.82, 2.24) is 4.90 Å². The molecule has 0 radical (unpaired) electrons. The van der Waals surface area contributed by atoms with E-state index in [-0.39, 0.29) is 18.9 Å². The Labute approximate surface area is 106 Å². The lowest BCUT2D eigenvalue weighted by Gasteiger charge is -2.22. The van der Waals surface area contributed by atoms with Gasteiger partial charge in [0.25, 0.3) is 5.91 Å². The molecule has 1 aromatic heterocycles. The van der Waals surface area contributed by atoms with Gasteiger partial charge in [-0.1, -0.05) is 19.8 Å². The summed E-state index contributed by atoms with van der Waals surface area (Å²) in [5, 5.41) is 10.5. The predicted octanol–water partition coefficient (Wildman–Crippen LogP) is 1.05. The van der Waals surface area contributed by atoms with E-state index in [9.17, 15) is 14.7 Å². The molecule has 1 aromatic rings. The van der Waals surface area contributed by atoms with E-state index in [0.717, 1.165) is 19.3 Å². The van der Waals surface area contributed by atoms with E-state index in [1.165, 1.54) is 17.4 Å². The van der Waals surface area contributed by atoms with Crippen molar-refractivity contribution in [3.8, 4) is 0 Å². The van der Waals surface area contributed by atoms with E-state index < -0.39 is 5.97 Å².